The Morgan fingerprint density at radius 1 is 1.25 bits per heavy atom. The van der Waals surface area contributed by atoms with Crippen molar-refractivity contribution in [1.29, 1.82) is 0 Å². The van der Waals surface area contributed by atoms with Crippen molar-refractivity contribution in [2.45, 2.75) is 19.4 Å². The second kappa shape index (κ2) is 6.73. The zero-order valence-electron chi connectivity index (χ0n) is 11.4. The predicted octanol–water partition coefficient (Wildman–Crippen LogP) is 4.15. The molecule has 2 nitrogen and oxygen atoms in total. The van der Waals surface area contributed by atoms with E-state index in [2.05, 4.69) is 18.3 Å². The summed E-state index contributed by atoms with van der Waals surface area (Å²) in [6, 6.07) is 12.5. The van der Waals surface area contributed by atoms with E-state index in [9.17, 15) is 4.39 Å². The second-order valence-electron chi connectivity index (χ2n) is 4.64. The molecule has 2 aromatic rings. The van der Waals surface area contributed by atoms with Gasteiger partial charge in [0.1, 0.15) is 5.82 Å². The largest absolute Gasteiger partial charge is 0.377 e. The van der Waals surface area contributed by atoms with Crippen molar-refractivity contribution < 1.29 is 4.39 Å². The molecule has 0 amide bonds. The molecule has 0 aromatic heterocycles. The third-order valence-electron chi connectivity index (χ3n) is 3.25. The molecule has 2 aromatic carbocycles. The Balaban J connectivity index is 2.28. The molecule has 20 heavy (non-hydrogen) atoms. The fourth-order valence-corrected chi connectivity index (χ4v) is 2.52. The Hall–Kier alpha value is -1.58. The minimum atomic E-state index is -0.362. The van der Waals surface area contributed by atoms with Gasteiger partial charge in [-0.1, -0.05) is 42.8 Å². The fraction of sp³-hybridized carbons (Fsp3) is 0.250. The molecule has 0 aliphatic heterocycles. The molecule has 0 fully saturated rings. The van der Waals surface area contributed by atoms with Crippen molar-refractivity contribution >= 4 is 17.3 Å². The van der Waals surface area contributed by atoms with Gasteiger partial charge in [-0.05, 0) is 35.7 Å². The molecule has 106 valence electrons. The molecule has 4 heteroatoms. The molecular weight excluding hydrogens is 275 g/mol. The van der Waals surface area contributed by atoms with E-state index < -0.39 is 0 Å². The van der Waals surface area contributed by atoms with E-state index in [1.54, 1.807) is 6.07 Å². The summed E-state index contributed by atoms with van der Waals surface area (Å²) in [4.78, 5) is 0. The van der Waals surface area contributed by atoms with E-state index in [4.69, 9.17) is 17.3 Å². The van der Waals surface area contributed by atoms with Crippen LogP contribution in [0.1, 0.15) is 24.1 Å². The van der Waals surface area contributed by atoms with E-state index in [0.29, 0.717) is 17.3 Å². The number of hydrogen-bond acceptors (Lipinski definition) is 2. The SMILES string of the molecule is CCc1ccccc1C(CN)Nc1cc(F)cc(Cl)c1. The Kier molecular flexibility index (Phi) is 4.99. The van der Waals surface area contributed by atoms with Gasteiger partial charge in [-0.15, -0.1) is 0 Å². The zero-order chi connectivity index (χ0) is 14.5. The number of hydrogen-bond donors (Lipinski definition) is 2. The lowest BCUT2D eigenvalue weighted by Crippen LogP contribution is -2.21. The quantitative estimate of drug-likeness (QED) is 0.868. The summed E-state index contributed by atoms with van der Waals surface area (Å²) in [6.45, 7) is 2.52. The molecule has 0 heterocycles. The van der Waals surface area contributed by atoms with Crippen LogP contribution in [0.5, 0.6) is 0 Å². The maximum Gasteiger partial charge on any atom is 0.126 e. The highest BCUT2D eigenvalue weighted by molar-refractivity contribution is 6.30. The lowest BCUT2D eigenvalue weighted by Gasteiger charge is -2.21. The molecule has 2 rings (SSSR count). The van der Waals surface area contributed by atoms with Crippen LogP contribution < -0.4 is 11.1 Å². The number of benzene rings is 2. The van der Waals surface area contributed by atoms with Crippen LogP contribution in [0.3, 0.4) is 0 Å². The van der Waals surface area contributed by atoms with Crippen LogP contribution in [0.15, 0.2) is 42.5 Å². The average Bonchev–Trinajstić information content (AvgIpc) is 2.43. The number of anilines is 1. The Morgan fingerprint density at radius 2 is 2.00 bits per heavy atom. The number of rotatable bonds is 5. The topological polar surface area (TPSA) is 38.0 Å². The Morgan fingerprint density at radius 3 is 2.65 bits per heavy atom. The maximum atomic E-state index is 13.4. The maximum absolute atomic E-state index is 13.4. The average molecular weight is 293 g/mol. The highest BCUT2D eigenvalue weighted by Crippen LogP contribution is 2.25. The van der Waals surface area contributed by atoms with Crippen LogP contribution >= 0.6 is 11.6 Å². The molecule has 1 unspecified atom stereocenters. The Bertz CT molecular complexity index is 566. The van der Waals surface area contributed by atoms with Gasteiger partial charge in [-0.2, -0.15) is 0 Å². The van der Waals surface area contributed by atoms with Crippen LogP contribution in [0.2, 0.25) is 5.02 Å². The zero-order valence-corrected chi connectivity index (χ0v) is 12.1. The fourth-order valence-electron chi connectivity index (χ4n) is 2.30. The van der Waals surface area contributed by atoms with Crippen LogP contribution in [-0.4, -0.2) is 6.54 Å². The summed E-state index contributed by atoms with van der Waals surface area (Å²) in [5.74, 6) is -0.362. The number of halogens is 2. The number of nitrogens with one attached hydrogen (secondary N) is 1. The lowest BCUT2D eigenvalue weighted by molar-refractivity contribution is 0.627. The first-order valence-electron chi connectivity index (χ1n) is 6.64. The molecular formula is C16H18ClFN2. The number of aryl methyl sites for hydroxylation is 1. The molecule has 0 aliphatic carbocycles. The second-order valence-corrected chi connectivity index (χ2v) is 5.08. The van der Waals surface area contributed by atoms with Crippen molar-refractivity contribution in [1.82, 2.24) is 0 Å². The summed E-state index contributed by atoms with van der Waals surface area (Å²) in [5.41, 5.74) is 8.87. The minimum Gasteiger partial charge on any atom is -0.377 e. The van der Waals surface area contributed by atoms with Gasteiger partial charge in [-0.3, -0.25) is 0 Å². The third kappa shape index (κ3) is 3.50. The van der Waals surface area contributed by atoms with Crippen molar-refractivity contribution in [2.75, 3.05) is 11.9 Å². The van der Waals surface area contributed by atoms with E-state index in [0.717, 1.165) is 12.0 Å². The van der Waals surface area contributed by atoms with Gasteiger partial charge in [0, 0.05) is 17.3 Å². The molecule has 3 N–H and O–H groups in total. The molecule has 1 atom stereocenters. The molecule has 0 aliphatic rings. The summed E-state index contributed by atoms with van der Waals surface area (Å²) < 4.78 is 13.4. The van der Waals surface area contributed by atoms with Crippen LogP contribution in [0, 0.1) is 5.82 Å². The van der Waals surface area contributed by atoms with Crippen molar-refractivity contribution in [3.8, 4) is 0 Å². The van der Waals surface area contributed by atoms with E-state index in [-0.39, 0.29) is 11.9 Å². The molecule has 0 radical (unpaired) electrons. The van der Waals surface area contributed by atoms with Gasteiger partial charge < -0.3 is 11.1 Å². The van der Waals surface area contributed by atoms with E-state index in [1.165, 1.54) is 17.7 Å². The van der Waals surface area contributed by atoms with Crippen molar-refractivity contribution in [3.05, 3.63) is 64.4 Å². The molecule has 0 saturated heterocycles. The first-order chi connectivity index (χ1) is 9.63. The third-order valence-corrected chi connectivity index (χ3v) is 3.47. The van der Waals surface area contributed by atoms with Gasteiger partial charge in [0.2, 0.25) is 0 Å². The van der Waals surface area contributed by atoms with Crippen molar-refractivity contribution in [2.24, 2.45) is 5.73 Å². The summed E-state index contributed by atoms with van der Waals surface area (Å²) in [7, 11) is 0. The predicted molar refractivity (Wildman–Crippen MR) is 82.6 cm³/mol. The van der Waals surface area contributed by atoms with Crippen LogP contribution in [0.4, 0.5) is 10.1 Å². The van der Waals surface area contributed by atoms with Gasteiger partial charge in [0.25, 0.3) is 0 Å². The van der Waals surface area contributed by atoms with Crippen molar-refractivity contribution in [3.63, 3.8) is 0 Å². The highest BCUT2D eigenvalue weighted by Gasteiger charge is 2.13. The molecule has 0 spiro atoms. The first kappa shape index (κ1) is 14.8. The Labute approximate surface area is 123 Å². The molecule has 0 saturated carbocycles. The highest BCUT2D eigenvalue weighted by atomic mass is 35.5. The monoisotopic (exact) mass is 292 g/mol. The van der Waals surface area contributed by atoms with Gasteiger partial charge >= 0.3 is 0 Å². The van der Waals surface area contributed by atoms with E-state index >= 15 is 0 Å². The summed E-state index contributed by atoms with van der Waals surface area (Å²) in [6.07, 6.45) is 0.929. The molecule has 0 bridgehead atoms. The lowest BCUT2D eigenvalue weighted by atomic mass is 9.98. The minimum absolute atomic E-state index is 0.0657. The smallest absolute Gasteiger partial charge is 0.126 e. The summed E-state index contributed by atoms with van der Waals surface area (Å²) >= 11 is 5.87. The number of nitrogens with two attached hydrogens (primary N) is 1. The standard InChI is InChI=1S/C16H18ClFN2/c1-2-11-5-3-4-6-15(11)16(10-19)20-14-8-12(17)7-13(18)9-14/h3-9,16,20H,2,10,19H2,1H3. The van der Waals surface area contributed by atoms with Gasteiger partial charge in [0.15, 0.2) is 0 Å². The summed E-state index contributed by atoms with van der Waals surface area (Å²) in [5, 5.41) is 3.62. The van der Waals surface area contributed by atoms with Crippen LogP contribution in [-0.2, 0) is 6.42 Å². The normalized spacial score (nSPS) is 12.2. The van der Waals surface area contributed by atoms with Crippen LogP contribution in [0.25, 0.3) is 0 Å². The first-order valence-corrected chi connectivity index (χ1v) is 7.02. The van der Waals surface area contributed by atoms with Gasteiger partial charge in [-0.25, -0.2) is 4.39 Å². The van der Waals surface area contributed by atoms with Gasteiger partial charge in [0.05, 0.1) is 6.04 Å². The van der Waals surface area contributed by atoms with E-state index in [1.807, 2.05) is 18.2 Å².